The highest BCUT2D eigenvalue weighted by atomic mass is 16.5. The smallest absolute Gasteiger partial charge is 0.271 e. The molecule has 1 aliphatic heterocycles. The molecule has 1 aromatic heterocycles. The summed E-state index contributed by atoms with van der Waals surface area (Å²) in [5.41, 5.74) is 4.78. The summed E-state index contributed by atoms with van der Waals surface area (Å²) in [5.74, 6) is -0.122. The molecule has 0 aliphatic carbocycles. The van der Waals surface area contributed by atoms with Gasteiger partial charge >= 0.3 is 0 Å². The third-order valence-electron chi connectivity index (χ3n) is 6.43. The lowest BCUT2D eigenvalue weighted by Crippen LogP contribution is -2.43. The molecule has 0 spiro atoms. The van der Waals surface area contributed by atoms with E-state index in [1.54, 1.807) is 17.7 Å². The minimum absolute atomic E-state index is 0.00464. The van der Waals surface area contributed by atoms with Crippen LogP contribution in [0.1, 0.15) is 51.7 Å². The zero-order valence-electron chi connectivity index (χ0n) is 22.5. The molecule has 2 amide bonds. The van der Waals surface area contributed by atoms with Crippen molar-refractivity contribution in [2.24, 2.45) is 0 Å². The Morgan fingerprint density at radius 1 is 1.08 bits per heavy atom. The van der Waals surface area contributed by atoms with Crippen LogP contribution in [0.15, 0.2) is 71.4 Å². The standard InChI is InChI=1S/C31H32N4O3/c1-6-7-15-34-30(36)26(22(5)27(18-32)31(34)37)17-24-19-35(25-11-9-8-10-12-25)33-29(24)23-13-14-28(21(4)16-23)38-20(2)3/h8-14,16-17,19-20H,6-7,15H2,1-5H3/b26-17+. The van der Waals surface area contributed by atoms with E-state index < -0.39 is 11.8 Å². The average molecular weight is 509 g/mol. The van der Waals surface area contributed by atoms with Crippen LogP contribution in [-0.4, -0.2) is 39.1 Å². The van der Waals surface area contributed by atoms with Gasteiger partial charge in [-0.2, -0.15) is 10.4 Å². The molecule has 0 unspecified atom stereocenters. The fourth-order valence-electron chi connectivity index (χ4n) is 4.42. The van der Waals surface area contributed by atoms with Crippen molar-refractivity contribution in [3.05, 3.63) is 82.6 Å². The van der Waals surface area contributed by atoms with Gasteiger partial charge in [-0.05, 0) is 81.7 Å². The van der Waals surface area contributed by atoms with Gasteiger partial charge in [-0.1, -0.05) is 31.5 Å². The zero-order valence-corrected chi connectivity index (χ0v) is 22.5. The number of carbonyl (C=O) groups is 2. The number of aryl methyl sites for hydroxylation is 1. The van der Waals surface area contributed by atoms with Crippen LogP contribution >= 0.6 is 0 Å². The predicted octanol–water partition coefficient (Wildman–Crippen LogP) is 6.03. The van der Waals surface area contributed by atoms with Crippen LogP contribution in [0, 0.1) is 18.3 Å². The lowest BCUT2D eigenvalue weighted by atomic mass is 9.93. The van der Waals surface area contributed by atoms with Crippen molar-refractivity contribution in [2.45, 2.75) is 53.6 Å². The molecule has 7 nitrogen and oxygen atoms in total. The Balaban J connectivity index is 1.89. The summed E-state index contributed by atoms with van der Waals surface area (Å²) in [7, 11) is 0. The van der Waals surface area contributed by atoms with E-state index >= 15 is 0 Å². The number of imide groups is 1. The second-order valence-corrected chi connectivity index (χ2v) is 9.65. The number of nitriles is 1. The van der Waals surface area contributed by atoms with Crippen LogP contribution in [0.25, 0.3) is 23.0 Å². The number of aromatic nitrogens is 2. The molecule has 0 bridgehead atoms. The molecule has 0 atom stereocenters. The first-order valence-electron chi connectivity index (χ1n) is 12.9. The van der Waals surface area contributed by atoms with Gasteiger partial charge < -0.3 is 4.74 Å². The van der Waals surface area contributed by atoms with E-state index in [0.29, 0.717) is 28.8 Å². The number of rotatable bonds is 8. The summed E-state index contributed by atoms with van der Waals surface area (Å²) in [6, 6.07) is 17.6. The maximum atomic E-state index is 13.5. The number of para-hydroxylation sites is 1. The summed E-state index contributed by atoms with van der Waals surface area (Å²) in [4.78, 5) is 27.6. The molecular formula is C31H32N4O3. The normalized spacial score (nSPS) is 15.0. The van der Waals surface area contributed by atoms with Crippen molar-refractivity contribution in [1.29, 1.82) is 5.26 Å². The van der Waals surface area contributed by atoms with Crippen molar-refractivity contribution in [3.63, 3.8) is 0 Å². The Kier molecular flexibility index (Phi) is 7.92. The largest absolute Gasteiger partial charge is 0.491 e. The Hall–Kier alpha value is -4.44. The number of hydrogen-bond acceptors (Lipinski definition) is 5. The van der Waals surface area contributed by atoms with Gasteiger partial charge in [0.2, 0.25) is 0 Å². The van der Waals surface area contributed by atoms with E-state index in [1.165, 1.54) is 4.90 Å². The molecule has 2 heterocycles. The number of benzene rings is 2. The summed E-state index contributed by atoms with van der Waals surface area (Å²) in [6.07, 6.45) is 5.16. The van der Waals surface area contributed by atoms with Gasteiger partial charge in [0.1, 0.15) is 17.4 Å². The maximum absolute atomic E-state index is 13.5. The molecule has 38 heavy (non-hydrogen) atoms. The lowest BCUT2D eigenvalue weighted by Gasteiger charge is -2.27. The molecule has 4 rings (SSSR count). The van der Waals surface area contributed by atoms with E-state index in [2.05, 4.69) is 0 Å². The van der Waals surface area contributed by atoms with Crippen LogP contribution in [0.5, 0.6) is 5.75 Å². The van der Waals surface area contributed by atoms with Crippen LogP contribution in [0.2, 0.25) is 0 Å². The minimum atomic E-state index is -0.530. The summed E-state index contributed by atoms with van der Waals surface area (Å²) < 4.78 is 7.68. The van der Waals surface area contributed by atoms with E-state index in [9.17, 15) is 14.9 Å². The molecule has 0 saturated carbocycles. The third kappa shape index (κ3) is 5.30. The Bertz CT molecular complexity index is 1470. The maximum Gasteiger partial charge on any atom is 0.271 e. The first-order chi connectivity index (χ1) is 18.2. The molecule has 2 aromatic carbocycles. The van der Waals surface area contributed by atoms with Crippen LogP contribution in [0.3, 0.4) is 0 Å². The summed E-state index contributed by atoms with van der Waals surface area (Å²) in [5, 5.41) is 14.6. The summed E-state index contributed by atoms with van der Waals surface area (Å²) in [6.45, 7) is 9.88. The van der Waals surface area contributed by atoms with E-state index in [-0.39, 0.29) is 18.2 Å². The first-order valence-corrected chi connectivity index (χ1v) is 12.9. The Morgan fingerprint density at radius 2 is 1.82 bits per heavy atom. The highest BCUT2D eigenvalue weighted by molar-refractivity contribution is 6.19. The van der Waals surface area contributed by atoms with Gasteiger partial charge in [0.15, 0.2) is 0 Å². The number of hydrogen-bond donors (Lipinski definition) is 0. The molecule has 7 heteroatoms. The highest BCUT2D eigenvalue weighted by Gasteiger charge is 2.35. The minimum Gasteiger partial charge on any atom is -0.491 e. The second kappa shape index (κ2) is 11.3. The van der Waals surface area contributed by atoms with Crippen molar-refractivity contribution in [2.75, 3.05) is 6.54 Å². The fourth-order valence-corrected chi connectivity index (χ4v) is 4.42. The van der Waals surface area contributed by atoms with Gasteiger partial charge in [0, 0.05) is 29.4 Å². The highest BCUT2D eigenvalue weighted by Crippen LogP contribution is 2.33. The topological polar surface area (TPSA) is 88.2 Å². The number of unbranched alkanes of at least 4 members (excludes halogenated alkanes) is 1. The summed E-state index contributed by atoms with van der Waals surface area (Å²) >= 11 is 0. The molecule has 194 valence electrons. The molecule has 0 saturated heterocycles. The number of ether oxygens (including phenoxy) is 1. The van der Waals surface area contributed by atoms with E-state index in [0.717, 1.165) is 29.0 Å². The van der Waals surface area contributed by atoms with Crippen LogP contribution < -0.4 is 4.74 Å². The second-order valence-electron chi connectivity index (χ2n) is 9.65. The number of amides is 2. The Labute approximate surface area is 223 Å². The van der Waals surface area contributed by atoms with Crippen molar-refractivity contribution in [3.8, 4) is 28.8 Å². The predicted molar refractivity (Wildman–Crippen MR) is 147 cm³/mol. The number of nitrogens with zero attached hydrogens (tertiary/aromatic N) is 4. The molecule has 1 aliphatic rings. The molecular weight excluding hydrogens is 476 g/mol. The monoisotopic (exact) mass is 508 g/mol. The SMILES string of the molecule is CCCCN1C(=O)C(C#N)=C(C)/C(=C\c2cn(-c3ccccc3)nc2-c2ccc(OC(C)C)c(C)c2)C1=O. The van der Waals surface area contributed by atoms with E-state index in [4.69, 9.17) is 9.84 Å². The van der Waals surface area contributed by atoms with Gasteiger partial charge in [-0.25, -0.2) is 4.68 Å². The average Bonchev–Trinajstić information content (AvgIpc) is 3.32. The molecule has 0 radical (unpaired) electrons. The quantitative estimate of drug-likeness (QED) is 0.274. The zero-order chi connectivity index (χ0) is 27.4. The Morgan fingerprint density at radius 3 is 2.45 bits per heavy atom. The van der Waals surface area contributed by atoms with E-state index in [1.807, 2.05) is 88.5 Å². The first kappa shape index (κ1) is 26.6. The van der Waals surface area contributed by atoms with Gasteiger partial charge in [-0.3, -0.25) is 14.5 Å². The van der Waals surface area contributed by atoms with Crippen molar-refractivity contribution in [1.82, 2.24) is 14.7 Å². The van der Waals surface area contributed by atoms with Crippen LogP contribution in [-0.2, 0) is 9.59 Å². The third-order valence-corrected chi connectivity index (χ3v) is 6.43. The van der Waals surface area contributed by atoms with Gasteiger partial charge in [0.25, 0.3) is 11.8 Å². The molecule has 0 fully saturated rings. The number of carbonyl (C=O) groups excluding carboxylic acids is 2. The molecule has 0 N–H and O–H groups in total. The van der Waals surface area contributed by atoms with Gasteiger partial charge in [0.05, 0.1) is 17.5 Å². The van der Waals surface area contributed by atoms with Gasteiger partial charge in [-0.15, -0.1) is 0 Å². The van der Waals surface area contributed by atoms with Crippen molar-refractivity contribution < 1.29 is 14.3 Å². The molecule has 3 aromatic rings. The fraction of sp³-hybridized carbons (Fsp3) is 0.290. The van der Waals surface area contributed by atoms with Crippen molar-refractivity contribution >= 4 is 17.9 Å². The lowest BCUT2D eigenvalue weighted by molar-refractivity contribution is -0.140. The van der Waals surface area contributed by atoms with Crippen LogP contribution in [0.4, 0.5) is 0 Å².